The molecule has 0 aromatic carbocycles. The maximum Gasteiger partial charge on any atom is 0.220 e. The van der Waals surface area contributed by atoms with Gasteiger partial charge in [0.15, 0.2) is 0 Å². The Labute approximate surface area is 124 Å². The Bertz CT molecular complexity index is 255. The van der Waals surface area contributed by atoms with Crippen molar-refractivity contribution >= 4 is 18.3 Å². The van der Waals surface area contributed by atoms with Gasteiger partial charge in [0.1, 0.15) is 0 Å². The maximum absolute atomic E-state index is 12.0. The molecule has 0 spiro atoms. The second kappa shape index (κ2) is 9.60. The molecule has 4 atom stereocenters. The molecule has 0 radical (unpaired) electrons. The Balaban J connectivity index is 0.00000324. The summed E-state index contributed by atoms with van der Waals surface area (Å²) >= 11 is 0. The van der Waals surface area contributed by atoms with Crippen molar-refractivity contribution in [1.82, 2.24) is 10.6 Å². The first kappa shape index (κ1) is 18.7. The Morgan fingerprint density at radius 3 is 2.58 bits per heavy atom. The smallest absolute Gasteiger partial charge is 0.220 e. The van der Waals surface area contributed by atoms with Crippen molar-refractivity contribution in [1.29, 1.82) is 0 Å². The lowest BCUT2D eigenvalue weighted by Crippen LogP contribution is -2.39. The van der Waals surface area contributed by atoms with E-state index in [0.717, 1.165) is 19.5 Å². The summed E-state index contributed by atoms with van der Waals surface area (Å²) in [7, 11) is 0. The third kappa shape index (κ3) is 6.62. The van der Waals surface area contributed by atoms with Crippen molar-refractivity contribution < 1.29 is 4.79 Å². The van der Waals surface area contributed by atoms with E-state index in [2.05, 4.69) is 38.3 Å². The molecule has 1 amide bonds. The number of rotatable bonds is 6. The van der Waals surface area contributed by atoms with E-state index < -0.39 is 0 Å². The van der Waals surface area contributed by atoms with Crippen LogP contribution in [-0.4, -0.2) is 25.0 Å². The molecule has 1 aliphatic heterocycles. The van der Waals surface area contributed by atoms with E-state index in [-0.39, 0.29) is 18.3 Å². The van der Waals surface area contributed by atoms with Crippen molar-refractivity contribution in [2.75, 3.05) is 13.1 Å². The number of hydrogen-bond acceptors (Lipinski definition) is 2. The van der Waals surface area contributed by atoms with Crippen molar-refractivity contribution in [3.05, 3.63) is 0 Å². The van der Waals surface area contributed by atoms with Gasteiger partial charge in [0.25, 0.3) is 0 Å². The predicted octanol–water partition coefficient (Wildman–Crippen LogP) is 2.98. The van der Waals surface area contributed by atoms with Crippen LogP contribution in [0, 0.1) is 17.8 Å². The van der Waals surface area contributed by atoms with Gasteiger partial charge in [0.2, 0.25) is 5.91 Å². The predicted molar refractivity (Wildman–Crippen MR) is 83.7 cm³/mol. The molecule has 0 aromatic rings. The topological polar surface area (TPSA) is 41.1 Å². The Morgan fingerprint density at radius 1 is 1.37 bits per heavy atom. The third-order valence-corrected chi connectivity index (χ3v) is 4.53. The van der Waals surface area contributed by atoms with Crippen LogP contribution in [0.5, 0.6) is 0 Å². The van der Waals surface area contributed by atoms with Crippen LogP contribution in [0.15, 0.2) is 0 Å². The van der Waals surface area contributed by atoms with Crippen molar-refractivity contribution in [3.8, 4) is 0 Å². The van der Waals surface area contributed by atoms with Crippen LogP contribution in [-0.2, 0) is 4.79 Å². The minimum Gasteiger partial charge on any atom is -0.353 e. The fraction of sp³-hybridized carbons (Fsp3) is 0.933. The summed E-state index contributed by atoms with van der Waals surface area (Å²) in [6.07, 6.45) is 4.30. The molecule has 1 aliphatic rings. The maximum atomic E-state index is 12.0. The molecule has 2 N–H and O–H groups in total. The third-order valence-electron chi connectivity index (χ3n) is 4.53. The van der Waals surface area contributed by atoms with Crippen LogP contribution in [0.2, 0.25) is 0 Å². The largest absolute Gasteiger partial charge is 0.353 e. The molecule has 1 fully saturated rings. The molecule has 0 bridgehead atoms. The van der Waals surface area contributed by atoms with Crippen LogP contribution in [0.4, 0.5) is 0 Å². The zero-order valence-corrected chi connectivity index (χ0v) is 13.7. The van der Waals surface area contributed by atoms with Crippen molar-refractivity contribution in [3.63, 3.8) is 0 Å². The van der Waals surface area contributed by atoms with Crippen molar-refractivity contribution in [2.24, 2.45) is 17.8 Å². The number of carbonyl (C=O) groups excluding carboxylic acids is 1. The number of amides is 1. The van der Waals surface area contributed by atoms with Gasteiger partial charge in [-0.15, -0.1) is 12.4 Å². The summed E-state index contributed by atoms with van der Waals surface area (Å²) in [5.41, 5.74) is 0. The minimum atomic E-state index is 0. The van der Waals surface area contributed by atoms with Gasteiger partial charge < -0.3 is 10.6 Å². The van der Waals surface area contributed by atoms with E-state index in [0.29, 0.717) is 30.2 Å². The normalized spacial score (nSPS) is 23.9. The molecule has 1 rings (SSSR count). The van der Waals surface area contributed by atoms with Gasteiger partial charge in [-0.1, -0.05) is 27.2 Å². The summed E-state index contributed by atoms with van der Waals surface area (Å²) in [5.74, 6) is 1.94. The summed E-state index contributed by atoms with van der Waals surface area (Å²) in [5, 5.41) is 6.57. The number of halogens is 1. The number of nitrogens with one attached hydrogen (secondary N) is 2. The highest BCUT2D eigenvalue weighted by Gasteiger charge is 2.23. The van der Waals surface area contributed by atoms with Crippen LogP contribution < -0.4 is 10.6 Å². The first-order chi connectivity index (χ1) is 8.54. The first-order valence-electron chi connectivity index (χ1n) is 7.54. The zero-order chi connectivity index (χ0) is 13.5. The summed E-state index contributed by atoms with van der Waals surface area (Å²) in [6, 6.07) is 0.291. The lowest BCUT2D eigenvalue weighted by Gasteiger charge is -2.28. The van der Waals surface area contributed by atoms with Gasteiger partial charge >= 0.3 is 0 Å². The molecule has 0 aliphatic carbocycles. The average molecular weight is 291 g/mol. The molecule has 0 aromatic heterocycles. The SMILES string of the molecule is CCC(C)C(C)NC(=O)CC(C)C1CCCNC1.Cl. The molecule has 3 nitrogen and oxygen atoms in total. The first-order valence-corrected chi connectivity index (χ1v) is 7.54. The van der Waals surface area contributed by atoms with Crippen LogP contribution in [0.3, 0.4) is 0 Å². The second-order valence-corrected chi connectivity index (χ2v) is 6.03. The van der Waals surface area contributed by atoms with Gasteiger partial charge in [0, 0.05) is 12.5 Å². The van der Waals surface area contributed by atoms with E-state index in [4.69, 9.17) is 0 Å². The quantitative estimate of drug-likeness (QED) is 0.790. The Morgan fingerprint density at radius 2 is 2.05 bits per heavy atom. The monoisotopic (exact) mass is 290 g/mol. The number of piperidine rings is 1. The fourth-order valence-corrected chi connectivity index (χ4v) is 2.63. The number of hydrogen-bond donors (Lipinski definition) is 2. The van der Waals surface area contributed by atoms with Gasteiger partial charge in [-0.2, -0.15) is 0 Å². The lowest BCUT2D eigenvalue weighted by molar-refractivity contribution is -0.123. The molecule has 4 heteroatoms. The number of carbonyl (C=O) groups is 1. The molecule has 0 saturated carbocycles. The molecule has 114 valence electrons. The Hall–Kier alpha value is -0.280. The standard InChI is InChI=1S/C15H30N2O.ClH/c1-5-11(2)13(4)17-15(18)9-12(3)14-7-6-8-16-10-14;/h11-14,16H,5-10H2,1-4H3,(H,17,18);1H. The summed E-state index contributed by atoms with van der Waals surface area (Å²) in [6.45, 7) is 10.9. The van der Waals surface area contributed by atoms with Crippen LogP contribution in [0.25, 0.3) is 0 Å². The molecule has 1 saturated heterocycles. The molecule has 19 heavy (non-hydrogen) atoms. The van der Waals surface area contributed by atoms with E-state index >= 15 is 0 Å². The zero-order valence-electron chi connectivity index (χ0n) is 12.9. The van der Waals surface area contributed by atoms with E-state index in [1.807, 2.05) is 0 Å². The lowest BCUT2D eigenvalue weighted by atomic mass is 9.85. The van der Waals surface area contributed by atoms with Gasteiger partial charge in [0.05, 0.1) is 0 Å². The second-order valence-electron chi connectivity index (χ2n) is 6.03. The highest BCUT2D eigenvalue weighted by molar-refractivity contribution is 5.85. The van der Waals surface area contributed by atoms with Crippen molar-refractivity contribution in [2.45, 2.75) is 59.4 Å². The molecule has 4 unspecified atom stereocenters. The molecular weight excluding hydrogens is 260 g/mol. The van der Waals surface area contributed by atoms with Gasteiger partial charge in [-0.25, -0.2) is 0 Å². The van der Waals surface area contributed by atoms with E-state index in [1.165, 1.54) is 12.8 Å². The molecule has 1 heterocycles. The molecular formula is C15H31ClN2O. The fourth-order valence-electron chi connectivity index (χ4n) is 2.63. The summed E-state index contributed by atoms with van der Waals surface area (Å²) < 4.78 is 0. The van der Waals surface area contributed by atoms with E-state index in [1.54, 1.807) is 0 Å². The van der Waals surface area contributed by atoms with Gasteiger partial charge in [-0.3, -0.25) is 4.79 Å². The Kier molecular flexibility index (Phi) is 9.46. The van der Waals surface area contributed by atoms with Crippen LogP contribution in [0.1, 0.15) is 53.4 Å². The average Bonchev–Trinajstić information content (AvgIpc) is 2.38. The summed E-state index contributed by atoms with van der Waals surface area (Å²) in [4.78, 5) is 12.0. The van der Waals surface area contributed by atoms with E-state index in [9.17, 15) is 4.79 Å². The highest BCUT2D eigenvalue weighted by atomic mass is 35.5. The van der Waals surface area contributed by atoms with Crippen LogP contribution >= 0.6 is 12.4 Å². The highest BCUT2D eigenvalue weighted by Crippen LogP contribution is 2.22. The minimum absolute atomic E-state index is 0. The van der Waals surface area contributed by atoms with Gasteiger partial charge in [-0.05, 0) is 50.6 Å².